The zero-order valence-electron chi connectivity index (χ0n) is 28.7. The third-order valence-corrected chi connectivity index (χ3v) is 8.79. The van der Waals surface area contributed by atoms with Gasteiger partial charge >= 0.3 is 11.9 Å². The molecule has 5 rings (SSSR count). The maximum atomic E-state index is 13.9. The second-order valence-corrected chi connectivity index (χ2v) is 13.8. The van der Waals surface area contributed by atoms with Gasteiger partial charge in [0.2, 0.25) is 11.8 Å². The summed E-state index contributed by atoms with van der Waals surface area (Å²) in [7, 11) is 0. The normalized spacial score (nSPS) is 22.5. The van der Waals surface area contributed by atoms with Crippen LogP contribution in [0.15, 0.2) is 66.3 Å². The van der Waals surface area contributed by atoms with E-state index in [0.29, 0.717) is 36.9 Å². The second kappa shape index (κ2) is 16.5. The third kappa shape index (κ3) is 9.58. The van der Waals surface area contributed by atoms with E-state index >= 15 is 0 Å². The number of amides is 2. The number of hydrogen-bond donors (Lipinski definition) is 3. The highest BCUT2D eigenvalue weighted by molar-refractivity contribution is 5.98. The molecule has 1 aliphatic carbocycles. The first-order valence-electron chi connectivity index (χ1n) is 17.0. The molecule has 0 radical (unpaired) electrons. The number of phenols is 1. The minimum atomic E-state index is -0.805. The molecule has 2 amide bonds. The molecule has 2 aromatic rings. The van der Waals surface area contributed by atoms with E-state index in [0.717, 1.165) is 11.1 Å². The Kier molecular flexibility index (Phi) is 12.1. The van der Waals surface area contributed by atoms with Crippen LogP contribution in [-0.4, -0.2) is 94.8 Å². The van der Waals surface area contributed by atoms with Crippen LogP contribution in [0.1, 0.15) is 74.4 Å². The molecule has 0 unspecified atom stereocenters. The standard InChI is InChI=1S/C38H46N2O10/c1-38(2,3)50-33(43)17-16-28(22-41)39-35(44)29-14-8-18-40(29)36(45)27-20-31-34(48-23-47-31)32(21-27)49-37(46)26-13-7-10-24(19-26)9-6-12-25-11-4-5-15-30(25)42/h4-7,9-11,13,15,19-20,28-29,31-32,34,41-42H,8,12,14,16-18,21-23H2,1-3H3,(H,39,44)/t28-,29+,31+,32+,34+/m0/s1. The number of para-hydroxylation sites is 1. The van der Waals surface area contributed by atoms with Crippen LogP contribution >= 0.6 is 0 Å². The molecule has 5 atom stereocenters. The van der Waals surface area contributed by atoms with Gasteiger partial charge in [0.15, 0.2) is 0 Å². The Bertz CT molecular complexity index is 1610. The van der Waals surface area contributed by atoms with Crippen molar-refractivity contribution in [3.63, 3.8) is 0 Å². The van der Waals surface area contributed by atoms with Gasteiger partial charge in [0.25, 0.3) is 0 Å². The Labute approximate surface area is 292 Å². The summed E-state index contributed by atoms with van der Waals surface area (Å²) in [6.45, 7) is 5.27. The van der Waals surface area contributed by atoms with Crippen molar-refractivity contribution in [1.29, 1.82) is 0 Å². The first-order valence-corrected chi connectivity index (χ1v) is 17.0. The van der Waals surface area contributed by atoms with Gasteiger partial charge in [-0.05, 0) is 81.9 Å². The number of fused-ring (bicyclic) bond motifs is 1. The van der Waals surface area contributed by atoms with Crippen molar-refractivity contribution in [3.05, 3.63) is 82.9 Å². The van der Waals surface area contributed by atoms with Gasteiger partial charge < -0.3 is 39.4 Å². The average molecular weight is 691 g/mol. The predicted octanol–water partition coefficient (Wildman–Crippen LogP) is 3.84. The summed E-state index contributed by atoms with van der Waals surface area (Å²) in [4.78, 5) is 54.3. The average Bonchev–Trinajstić information content (AvgIpc) is 3.77. The van der Waals surface area contributed by atoms with Crippen LogP contribution in [0.25, 0.3) is 6.08 Å². The molecule has 50 heavy (non-hydrogen) atoms. The predicted molar refractivity (Wildman–Crippen MR) is 183 cm³/mol. The highest BCUT2D eigenvalue weighted by atomic mass is 16.7. The Morgan fingerprint density at radius 1 is 1.10 bits per heavy atom. The Morgan fingerprint density at radius 3 is 2.66 bits per heavy atom. The van der Waals surface area contributed by atoms with Crippen molar-refractivity contribution >= 4 is 29.8 Å². The first-order chi connectivity index (χ1) is 23.9. The SMILES string of the molecule is CC(C)(C)OC(=O)CC[C@@H](CO)NC(=O)[C@H]1CCCN1C(=O)C1=C[C@H]2OCO[C@H]2[C@H](OC(=O)c2cccc(C=CCc3ccccc3O)c2)C1. The molecule has 3 N–H and O–H groups in total. The molecule has 268 valence electrons. The van der Waals surface area contributed by atoms with Crippen LogP contribution in [0.3, 0.4) is 0 Å². The van der Waals surface area contributed by atoms with Crippen molar-refractivity contribution in [3.8, 4) is 5.75 Å². The van der Waals surface area contributed by atoms with Gasteiger partial charge in [0.05, 0.1) is 18.2 Å². The lowest BCUT2D eigenvalue weighted by molar-refractivity contribution is -0.155. The molecule has 2 saturated heterocycles. The number of aliphatic hydroxyl groups excluding tert-OH is 1. The summed E-state index contributed by atoms with van der Waals surface area (Å²) in [5.74, 6) is -1.55. The van der Waals surface area contributed by atoms with Gasteiger partial charge in [0.1, 0.15) is 42.5 Å². The summed E-state index contributed by atoms with van der Waals surface area (Å²) in [5.41, 5.74) is 1.61. The van der Waals surface area contributed by atoms with E-state index in [4.69, 9.17) is 18.9 Å². The van der Waals surface area contributed by atoms with E-state index in [-0.39, 0.29) is 44.3 Å². The summed E-state index contributed by atoms with van der Waals surface area (Å²) < 4.78 is 22.7. The molecular weight excluding hydrogens is 644 g/mol. The first kappa shape index (κ1) is 36.8. The molecule has 0 bridgehead atoms. The number of allylic oxidation sites excluding steroid dienone is 1. The molecule has 0 saturated carbocycles. The van der Waals surface area contributed by atoms with E-state index in [1.165, 1.54) is 4.90 Å². The number of rotatable bonds is 12. The lowest BCUT2D eigenvalue weighted by Gasteiger charge is -2.33. The van der Waals surface area contributed by atoms with Crippen molar-refractivity contribution in [2.24, 2.45) is 0 Å². The molecule has 2 fully saturated rings. The Hall–Kier alpha value is -4.52. The van der Waals surface area contributed by atoms with Crippen LogP contribution in [0.5, 0.6) is 5.75 Å². The number of aromatic hydroxyl groups is 1. The largest absolute Gasteiger partial charge is 0.508 e. The number of phenolic OH excluding ortho intramolecular Hbond substituents is 1. The van der Waals surface area contributed by atoms with Crippen LogP contribution in [0, 0.1) is 0 Å². The fourth-order valence-corrected chi connectivity index (χ4v) is 6.35. The van der Waals surface area contributed by atoms with Crippen LogP contribution in [0.4, 0.5) is 0 Å². The number of nitrogens with zero attached hydrogens (tertiary/aromatic N) is 1. The number of carbonyl (C=O) groups is 4. The highest BCUT2D eigenvalue weighted by Gasteiger charge is 2.45. The van der Waals surface area contributed by atoms with E-state index in [1.807, 2.05) is 30.4 Å². The van der Waals surface area contributed by atoms with Crippen molar-refractivity contribution in [2.75, 3.05) is 19.9 Å². The molecule has 2 aliphatic heterocycles. The van der Waals surface area contributed by atoms with Crippen molar-refractivity contribution < 1.29 is 48.3 Å². The smallest absolute Gasteiger partial charge is 0.338 e. The summed E-state index contributed by atoms with van der Waals surface area (Å²) >= 11 is 0. The topological polar surface area (TPSA) is 161 Å². The third-order valence-electron chi connectivity index (χ3n) is 8.79. The number of aliphatic hydroxyl groups is 1. The van der Waals surface area contributed by atoms with E-state index < -0.39 is 53.8 Å². The molecule has 2 heterocycles. The quantitative estimate of drug-likeness (QED) is 0.279. The minimum absolute atomic E-state index is 0.0147. The number of nitrogens with one attached hydrogen (secondary N) is 1. The molecule has 0 aromatic heterocycles. The van der Waals surface area contributed by atoms with Crippen LogP contribution < -0.4 is 5.32 Å². The number of carbonyl (C=O) groups excluding carboxylic acids is 4. The summed E-state index contributed by atoms with van der Waals surface area (Å²) in [5, 5.41) is 22.7. The number of hydrogen-bond acceptors (Lipinski definition) is 10. The van der Waals surface area contributed by atoms with Gasteiger partial charge in [0, 0.05) is 25.0 Å². The number of likely N-dealkylation sites (tertiary alicyclic amines) is 1. The second-order valence-electron chi connectivity index (χ2n) is 13.8. The van der Waals surface area contributed by atoms with Crippen LogP contribution in [-0.2, 0) is 39.8 Å². The lowest BCUT2D eigenvalue weighted by Crippen LogP contribution is -2.51. The van der Waals surface area contributed by atoms with Gasteiger partial charge in [-0.15, -0.1) is 0 Å². The zero-order valence-corrected chi connectivity index (χ0v) is 28.7. The summed E-state index contributed by atoms with van der Waals surface area (Å²) in [6, 6.07) is 12.6. The Balaban J connectivity index is 1.20. The van der Waals surface area contributed by atoms with E-state index in [9.17, 15) is 29.4 Å². The van der Waals surface area contributed by atoms with Crippen LogP contribution in [0.2, 0.25) is 0 Å². The fraction of sp³-hybridized carbons (Fsp3) is 0.474. The fourth-order valence-electron chi connectivity index (χ4n) is 6.35. The van der Waals surface area contributed by atoms with Crippen molar-refractivity contribution in [2.45, 2.75) is 95.3 Å². The number of benzene rings is 2. The molecule has 12 heteroatoms. The highest BCUT2D eigenvalue weighted by Crippen LogP contribution is 2.33. The summed E-state index contributed by atoms with van der Waals surface area (Å²) in [6.07, 6.45) is 5.30. The molecule has 12 nitrogen and oxygen atoms in total. The van der Waals surface area contributed by atoms with Crippen molar-refractivity contribution in [1.82, 2.24) is 10.2 Å². The monoisotopic (exact) mass is 690 g/mol. The van der Waals surface area contributed by atoms with E-state index in [2.05, 4.69) is 5.32 Å². The maximum Gasteiger partial charge on any atom is 0.338 e. The molecule has 0 spiro atoms. The van der Waals surface area contributed by atoms with Gasteiger partial charge in [-0.3, -0.25) is 14.4 Å². The molecule has 3 aliphatic rings. The molecular formula is C38H46N2O10. The van der Waals surface area contributed by atoms with E-state index in [1.54, 1.807) is 57.2 Å². The molecule has 2 aromatic carbocycles. The zero-order chi connectivity index (χ0) is 35.8. The van der Waals surface area contributed by atoms with Gasteiger partial charge in [-0.1, -0.05) is 42.5 Å². The number of ether oxygens (including phenoxy) is 4. The maximum absolute atomic E-state index is 13.9. The number of esters is 2. The van der Waals surface area contributed by atoms with Gasteiger partial charge in [-0.2, -0.15) is 0 Å². The minimum Gasteiger partial charge on any atom is -0.508 e. The Morgan fingerprint density at radius 2 is 1.90 bits per heavy atom. The lowest BCUT2D eigenvalue weighted by atomic mass is 9.91. The van der Waals surface area contributed by atoms with Gasteiger partial charge in [-0.25, -0.2) is 4.79 Å².